The van der Waals surface area contributed by atoms with Gasteiger partial charge < -0.3 is 24.7 Å². The molecule has 0 bridgehead atoms. The van der Waals surface area contributed by atoms with Gasteiger partial charge in [0, 0.05) is 31.0 Å². The van der Waals surface area contributed by atoms with Gasteiger partial charge in [-0.3, -0.25) is 9.48 Å². The van der Waals surface area contributed by atoms with Crippen molar-refractivity contribution in [1.29, 1.82) is 0 Å². The molecular weight excluding hydrogens is 398 g/mol. The average Bonchev–Trinajstić information content (AvgIpc) is 3.18. The van der Waals surface area contributed by atoms with Gasteiger partial charge in [-0.15, -0.1) is 0 Å². The number of nitrogens with zero attached hydrogens (tertiary/aromatic N) is 2. The Balaban J connectivity index is 2.16. The third-order valence-corrected chi connectivity index (χ3v) is 5.24. The lowest BCUT2D eigenvalue weighted by atomic mass is 9.94. The Hall–Kier alpha value is -3.10. The zero-order valence-corrected chi connectivity index (χ0v) is 18.6. The smallest absolute Gasteiger partial charge is 0.322 e. The first-order chi connectivity index (χ1) is 14.9. The molecule has 1 heterocycles. The molecule has 2 N–H and O–H groups in total. The van der Waals surface area contributed by atoms with E-state index in [2.05, 4.69) is 5.10 Å². The number of fused-ring (bicyclic) bond motifs is 1. The van der Waals surface area contributed by atoms with Crippen molar-refractivity contribution >= 4 is 16.9 Å². The molecule has 0 amide bonds. The summed E-state index contributed by atoms with van der Waals surface area (Å²) in [6.45, 7) is 3.05. The normalized spacial score (nSPS) is 12.1. The quantitative estimate of drug-likeness (QED) is 0.524. The van der Waals surface area contributed by atoms with Gasteiger partial charge in [-0.05, 0) is 30.2 Å². The van der Waals surface area contributed by atoms with Gasteiger partial charge in [-0.1, -0.05) is 12.1 Å². The van der Waals surface area contributed by atoms with E-state index in [0.717, 1.165) is 33.2 Å². The fraction of sp³-hybridized carbons (Fsp3) is 0.391. The molecule has 31 heavy (non-hydrogen) atoms. The van der Waals surface area contributed by atoms with Gasteiger partial charge in [0.25, 0.3) is 0 Å². The minimum absolute atomic E-state index is 0.338. The summed E-state index contributed by atoms with van der Waals surface area (Å²) in [6, 6.07) is 7.09. The fourth-order valence-corrected chi connectivity index (χ4v) is 3.76. The van der Waals surface area contributed by atoms with Gasteiger partial charge in [0.05, 0.1) is 45.2 Å². The van der Waals surface area contributed by atoms with Crippen LogP contribution in [0.25, 0.3) is 22.0 Å². The SMILES string of the molecule is CCOCc1cc(OC)c(-c2ccc(CC(N)C(=O)OC)c3c2cnn3C)c(OC)c1. The molecule has 0 radical (unpaired) electrons. The number of hydrogen-bond acceptors (Lipinski definition) is 7. The van der Waals surface area contributed by atoms with Crippen molar-refractivity contribution in [2.75, 3.05) is 27.9 Å². The lowest BCUT2D eigenvalue weighted by Gasteiger charge is -2.18. The van der Waals surface area contributed by atoms with Crippen molar-refractivity contribution in [2.24, 2.45) is 12.8 Å². The number of aryl methyl sites for hydroxylation is 1. The van der Waals surface area contributed by atoms with Gasteiger partial charge in [0.15, 0.2) is 0 Å². The predicted octanol–water partition coefficient (Wildman–Crippen LogP) is 2.84. The highest BCUT2D eigenvalue weighted by molar-refractivity contribution is 5.99. The van der Waals surface area contributed by atoms with Gasteiger partial charge >= 0.3 is 5.97 Å². The maximum atomic E-state index is 11.8. The van der Waals surface area contributed by atoms with E-state index in [1.807, 2.05) is 38.2 Å². The first-order valence-corrected chi connectivity index (χ1v) is 10.0. The van der Waals surface area contributed by atoms with Crippen LogP contribution in [0.15, 0.2) is 30.5 Å². The molecule has 0 saturated heterocycles. The first kappa shape index (κ1) is 22.6. The summed E-state index contributed by atoms with van der Waals surface area (Å²) in [7, 11) is 6.46. The standard InChI is InChI=1S/C23H29N3O5/c1-6-31-13-14-9-19(28-3)21(20(10-14)29-4)16-8-7-15(11-18(24)23(27)30-5)22-17(16)12-25-26(22)2/h7-10,12,18H,6,11,13,24H2,1-5H3. The first-order valence-electron chi connectivity index (χ1n) is 10.0. The summed E-state index contributed by atoms with van der Waals surface area (Å²) in [6.07, 6.45) is 2.13. The number of hydrogen-bond donors (Lipinski definition) is 1. The minimum atomic E-state index is -0.754. The van der Waals surface area contributed by atoms with Crippen LogP contribution in [0.1, 0.15) is 18.1 Å². The van der Waals surface area contributed by atoms with E-state index in [1.165, 1.54) is 7.11 Å². The molecule has 8 nitrogen and oxygen atoms in total. The molecule has 0 fully saturated rings. The van der Waals surface area contributed by atoms with Crippen LogP contribution in [-0.2, 0) is 34.3 Å². The van der Waals surface area contributed by atoms with Crippen LogP contribution in [0.2, 0.25) is 0 Å². The zero-order chi connectivity index (χ0) is 22.5. The highest BCUT2D eigenvalue weighted by Crippen LogP contribution is 2.43. The molecule has 1 unspecified atom stereocenters. The maximum Gasteiger partial charge on any atom is 0.322 e. The lowest BCUT2D eigenvalue weighted by molar-refractivity contribution is -0.142. The molecule has 8 heteroatoms. The highest BCUT2D eigenvalue weighted by Gasteiger charge is 2.22. The van der Waals surface area contributed by atoms with Gasteiger partial charge in [-0.2, -0.15) is 5.10 Å². The number of carbonyl (C=O) groups is 1. The molecule has 0 aliphatic heterocycles. The van der Waals surface area contributed by atoms with E-state index in [9.17, 15) is 4.79 Å². The minimum Gasteiger partial charge on any atom is -0.496 e. The molecular formula is C23H29N3O5. The van der Waals surface area contributed by atoms with Crippen LogP contribution in [0.5, 0.6) is 11.5 Å². The van der Waals surface area contributed by atoms with Gasteiger partial charge in [0.1, 0.15) is 17.5 Å². The van der Waals surface area contributed by atoms with E-state index in [4.69, 9.17) is 24.7 Å². The van der Waals surface area contributed by atoms with Crippen molar-refractivity contribution in [3.05, 3.63) is 41.6 Å². The van der Waals surface area contributed by atoms with E-state index in [0.29, 0.717) is 31.1 Å². The number of nitrogens with two attached hydrogens (primary N) is 1. The second-order valence-corrected chi connectivity index (χ2v) is 7.15. The van der Waals surface area contributed by atoms with Crippen molar-refractivity contribution in [3.8, 4) is 22.6 Å². The lowest BCUT2D eigenvalue weighted by Crippen LogP contribution is -2.33. The summed E-state index contributed by atoms with van der Waals surface area (Å²) < 4.78 is 23.5. The Morgan fingerprint density at radius 1 is 1.16 bits per heavy atom. The molecule has 1 atom stereocenters. The van der Waals surface area contributed by atoms with Crippen LogP contribution in [0, 0.1) is 0 Å². The number of aromatic nitrogens is 2. The van der Waals surface area contributed by atoms with Crippen molar-refractivity contribution in [2.45, 2.75) is 26.0 Å². The van der Waals surface area contributed by atoms with Crippen LogP contribution >= 0.6 is 0 Å². The Labute approximate surface area is 181 Å². The van der Waals surface area contributed by atoms with E-state index in [-0.39, 0.29) is 0 Å². The molecule has 3 aromatic rings. The summed E-state index contributed by atoms with van der Waals surface area (Å²) in [4.78, 5) is 11.8. The number of rotatable bonds is 9. The average molecular weight is 428 g/mol. The van der Waals surface area contributed by atoms with Crippen LogP contribution < -0.4 is 15.2 Å². The van der Waals surface area contributed by atoms with E-state index >= 15 is 0 Å². The van der Waals surface area contributed by atoms with Crippen LogP contribution in [0.4, 0.5) is 0 Å². The maximum absolute atomic E-state index is 11.8. The number of esters is 1. The Morgan fingerprint density at radius 3 is 2.42 bits per heavy atom. The molecule has 2 aromatic carbocycles. The summed E-state index contributed by atoms with van der Waals surface area (Å²) in [5, 5.41) is 5.35. The Morgan fingerprint density at radius 2 is 1.84 bits per heavy atom. The summed E-state index contributed by atoms with van der Waals surface area (Å²) in [5.74, 6) is 0.907. The van der Waals surface area contributed by atoms with Crippen LogP contribution in [-0.4, -0.2) is 49.7 Å². The highest BCUT2D eigenvalue weighted by atomic mass is 16.5. The Bertz CT molecular complexity index is 1050. The second-order valence-electron chi connectivity index (χ2n) is 7.15. The fourth-order valence-electron chi connectivity index (χ4n) is 3.76. The number of benzene rings is 2. The molecule has 3 rings (SSSR count). The molecule has 0 spiro atoms. The van der Waals surface area contributed by atoms with Gasteiger partial charge in [-0.25, -0.2) is 0 Å². The van der Waals surface area contributed by atoms with Gasteiger partial charge in [0.2, 0.25) is 0 Å². The molecule has 0 aliphatic rings. The predicted molar refractivity (Wildman–Crippen MR) is 118 cm³/mol. The second kappa shape index (κ2) is 9.80. The molecule has 0 aliphatic carbocycles. The number of carbonyl (C=O) groups excluding carboxylic acids is 1. The third-order valence-electron chi connectivity index (χ3n) is 5.24. The molecule has 166 valence electrons. The van der Waals surface area contributed by atoms with E-state index < -0.39 is 12.0 Å². The van der Waals surface area contributed by atoms with Crippen molar-refractivity contribution < 1.29 is 23.7 Å². The van der Waals surface area contributed by atoms with E-state index in [1.54, 1.807) is 25.1 Å². The summed E-state index contributed by atoms with van der Waals surface area (Å²) in [5.41, 5.74) is 10.5. The number of methoxy groups -OCH3 is 3. The number of ether oxygens (including phenoxy) is 4. The zero-order valence-electron chi connectivity index (χ0n) is 18.6. The largest absolute Gasteiger partial charge is 0.496 e. The summed E-state index contributed by atoms with van der Waals surface area (Å²) >= 11 is 0. The Kier molecular flexibility index (Phi) is 7.14. The third kappa shape index (κ3) is 4.50. The van der Waals surface area contributed by atoms with Crippen LogP contribution in [0.3, 0.4) is 0 Å². The monoisotopic (exact) mass is 427 g/mol. The molecule has 0 saturated carbocycles. The molecule has 1 aromatic heterocycles. The van der Waals surface area contributed by atoms with Crippen molar-refractivity contribution in [1.82, 2.24) is 9.78 Å². The van der Waals surface area contributed by atoms with Crippen molar-refractivity contribution in [3.63, 3.8) is 0 Å². The topological polar surface area (TPSA) is 97.8 Å².